The van der Waals surface area contributed by atoms with Crippen LogP contribution in [0.5, 0.6) is 0 Å². The van der Waals surface area contributed by atoms with Crippen LogP contribution in [0.4, 0.5) is 10.5 Å². The summed E-state index contributed by atoms with van der Waals surface area (Å²) < 4.78 is 0. The van der Waals surface area contributed by atoms with Crippen LogP contribution >= 0.6 is 0 Å². The molecule has 0 aromatic heterocycles. The van der Waals surface area contributed by atoms with Gasteiger partial charge >= 0.3 is 6.03 Å². The van der Waals surface area contributed by atoms with Crippen LogP contribution < -0.4 is 10.6 Å². The van der Waals surface area contributed by atoms with E-state index in [1.54, 1.807) is 18.2 Å². The summed E-state index contributed by atoms with van der Waals surface area (Å²) in [6, 6.07) is 9.57. The van der Waals surface area contributed by atoms with Gasteiger partial charge in [-0.2, -0.15) is 5.26 Å². The Morgan fingerprint density at radius 2 is 2.05 bits per heavy atom. The highest BCUT2D eigenvalue weighted by Crippen LogP contribution is 2.28. The maximum atomic E-state index is 12.3. The number of benzene rings is 1. The summed E-state index contributed by atoms with van der Waals surface area (Å²) in [6.45, 7) is 2.70. The second kappa shape index (κ2) is 6.80. The van der Waals surface area contributed by atoms with Gasteiger partial charge in [0, 0.05) is 24.8 Å². The van der Waals surface area contributed by atoms with Gasteiger partial charge in [0.15, 0.2) is 0 Å². The first kappa shape index (κ1) is 14.9. The van der Waals surface area contributed by atoms with E-state index in [0.29, 0.717) is 17.3 Å². The number of piperidine rings is 1. The molecule has 116 valence electrons. The van der Waals surface area contributed by atoms with Crippen molar-refractivity contribution in [2.75, 3.05) is 25.0 Å². The van der Waals surface area contributed by atoms with Gasteiger partial charge in [-0.1, -0.05) is 6.07 Å². The van der Waals surface area contributed by atoms with Crippen LogP contribution in [0.2, 0.25) is 0 Å². The fraction of sp³-hybridized carbons (Fsp3) is 0.529. The molecule has 0 atom stereocenters. The van der Waals surface area contributed by atoms with Crippen molar-refractivity contribution >= 4 is 11.7 Å². The van der Waals surface area contributed by atoms with Crippen LogP contribution in [0.25, 0.3) is 0 Å². The van der Waals surface area contributed by atoms with E-state index in [9.17, 15) is 4.79 Å². The quantitative estimate of drug-likeness (QED) is 0.897. The second-order valence-electron chi connectivity index (χ2n) is 6.24. The minimum absolute atomic E-state index is 0.0734. The molecule has 0 unspecified atom stereocenters. The monoisotopic (exact) mass is 298 g/mol. The Morgan fingerprint density at radius 3 is 2.73 bits per heavy atom. The number of likely N-dealkylation sites (tertiary alicyclic amines) is 1. The zero-order valence-corrected chi connectivity index (χ0v) is 12.7. The summed E-state index contributed by atoms with van der Waals surface area (Å²) in [5.74, 6) is 0.897. The van der Waals surface area contributed by atoms with Crippen molar-refractivity contribution in [3.8, 4) is 6.07 Å². The molecule has 2 N–H and O–H groups in total. The molecule has 1 saturated carbocycles. The third-order valence-electron chi connectivity index (χ3n) is 4.42. The van der Waals surface area contributed by atoms with E-state index >= 15 is 0 Å². The van der Waals surface area contributed by atoms with Crippen molar-refractivity contribution in [3.05, 3.63) is 29.8 Å². The van der Waals surface area contributed by atoms with Crippen molar-refractivity contribution in [2.24, 2.45) is 5.92 Å². The van der Waals surface area contributed by atoms with Crippen LogP contribution in [-0.2, 0) is 0 Å². The fourth-order valence-corrected chi connectivity index (χ4v) is 2.81. The molecule has 0 radical (unpaired) electrons. The zero-order chi connectivity index (χ0) is 15.4. The molecule has 0 bridgehead atoms. The van der Waals surface area contributed by atoms with E-state index in [2.05, 4.69) is 16.7 Å². The first-order chi connectivity index (χ1) is 10.7. The normalized spacial score (nSPS) is 18.8. The molecule has 3 rings (SSSR count). The standard InChI is InChI=1S/C17H22N4O/c18-11-14-2-1-3-16(10-14)20-17(22)21-8-6-15(7-9-21)19-12-13-4-5-13/h1-3,10,13,15,19H,4-9,12H2,(H,20,22). The molecule has 2 fully saturated rings. The van der Waals surface area contributed by atoms with Gasteiger partial charge in [-0.05, 0) is 56.3 Å². The first-order valence-electron chi connectivity index (χ1n) is 8.04. The van der Waals surface area contributed by atoms with E-state index < -0.39 is 0 Å². The van der Waals surface area contributed by atoms with Crippen molar-refractivity contribution in [3.63, 3.8) is 0 Å². The van der Waals surface area contributed by atoms with E-state index in [4.69, 9.17) is 5.26 Å². The summed E-state index contributed by atoms with van der Waals surface area (Å²) in [5, 5.41) is 15.4. The van der Waals surface area contributed by atoms with E-state index in [1.807, 2.05) is 11.0 Å². The van der Waals surface area contributed by atoms with E-state index in [0.717, 1.165) is 38.4 Å². The molecule has 1 aromatic carbocycles. The predicted octanol–water partition coefficient (Wildman–Crippen LogP) is 2.55. The highest BCUT2D eigenvalue weighted by Gasteiger charge is 2.25. The number of carbonyl (C=O) groups excluding carboxylic acids is 1. The minimum Gasteiger partial charge on any atom is -0.324 e. The Bertz CT molecular complexity index is 568. The maximum Gasteiger partial charge on any atom is 0.321 e. The van der Waals surface area contributed by atoms with Crippen molar-refractivity contribution in [2.45, 2.75) is 31.7 Å². The lowest BCUT2D eigenvalue weighted by atomic mass is 10.1. The Hall–Kier alpha value is -2.06. The maximum absolute atomic E-state index is 12.3. The van der Waals surface area contributed by atoms with Gasteiger partial charge in [0.25, 0.3) is 0 Å². The topological polar surface area (TPSA) is 68.2 Å². The first-order valence-corrected chi connectivity index (χ1v) is 8.04. The molecule has 22 heavy (non-hydrogen) atoms. The third-order valence-corrected chi connectivity index (χ3v) is 4.42. The molecule has 1 aliphatic carbocycles. The van der Waals surface area contributed by atoms with Crippen LogP contribution in [0, 0.1) is 17.2 Å². The van der Waals surface area contributed by atoms with Crippen LogP contribution in [0.1, 0.15) is 31.2 Å². The molecule has 1 heterocycles. The molecule has 2 amide bonds. The Morgan fingerprint density at radius 1 is 1.27 bits per heavy atom. The molecular formula is C17H22N4O. The predicted molar refractivity (Wildman–Crippen MR) is 85.5 cm³/mol. The smallest absolute Gasteiger partial charge is 0.321 e. The van der Waals surface area contributed by atoms with Gasteiger partial charge < -0.3 is 15.5 Å². The SMILES string of the molecule is N#Cc1cccc(NC(=O)N2CCC(NCC3CC3)CC2)c1. The molecule has 0 spiro atoms. The zero-order valence-electron chi connectivity index (χ0n) is 12.7. The number of hydrogen-bond acceptors (Lipinski definition) is 3. The van der Waals surface area contributed by atoms with Gasteiger partial charge in [0.05, 0.1) is 11.6 Å². The Kier molecular flexibility index (Phi) is 4.59. The highest BCUT2D eigenvalue weighted by molar-refractivity contribution is 5.89. The number of anilines is 1. The highest BCUT2D eigenvalue weighted by atomic mass is 16.2. The van der Waals surface area contributed by atoms with E-state index in [-0.39, 0.29) is 6.03 Å². The molecule has 5 heteroatoms. The van der Waals surface area contributed by atoms with Gasteiger partial charge in [-0.15, -0.1) is 0 Å². The largest absolute Gasteiger partial charge is 0.324 e. The summed E-state index contributed by atoms with van der Waals surface area (Å²) >= 11 is 0. The molecule has 1 aliphatic heterocycles. The summed E-state index contributed by atoms with van der Waals surface area (Å²) in [4.78, 5) is 14.1. The number of rotatable bonds is 4. The van der Waals surface area contributed by atoms with Gasteiger partial charge in [0.1, 0.15) is 0 Å². The van der Waals surface area contributed by atoms with Crippen LogP contribution in [0.15, 0.2) is 24.3 Å². The fourth-order valence-electron chi connectivity index (χ4n) is 2.81. The number of nitrogens with zero attached hydrogens (tertiary/aromatic N) is 2. The number of amides is 2. The van der Waals surface area contributed by atoms with Gasteiger partial charge in [0.2, 0.25) is 0 Å². The number of hydrogen-bond donors (Lipinski definition) is 2. The van der Waals surface area contributed by atoms with Crippen LogP contribution in [0.3, 0.4) is 0 Å². The lowest BCUT2D eigenvalue weighted by Crippen LogP contribution is -2.46. The van der Waals surface area contributed by atoms with Gasteiger partial charge in [-0.25, -0.2) is 4.79 Å². The lowest BCUT2D eigenvalue weighted by Gasteiger charge is -2.32. The second-order valence-corrected chi connectivity index (χ2v) is 6.24. The number of nitriles is 1. The molecule has 2 aliphatic rings. The summed E-state index contributed by atoms with van der Waals surface area (Å²) in [6.07, 6.45) is 4.77. The Balaban J connectivity index is 1.45. The lowest BCUT2D eigenvalue weighted by molar-refractivity contribution is 0.189. The number of nitrogens with one attached hydrogen (secondary N) is 2. The molecule has 1 saturated heterocycles. The number of carbonyl (C=O) groups is 1. The van der Waals surface area contributed by atoms with Gasteiger partial charge in [-0.3, -0.25) is 0 Å². The molecule has 5 nitrogen and oxygen atoms in total. The molecule has 1 aromatic rings. The summed E-state index contributed by atoms with van der Waals surface area (Å²) in [7, 11) is 0. The van der Waals surface area contributed by atoms with Crippen LogP contribution in [-0.4, -0.2) is 36.6 Å². The average Bonchev–Trinajstić information content (AvgIpc) is 3.38. The van der Waals surface area contributed by atoms with Crippen molar-refractivity contribution < 1.29 is 4.79 Å². The summed E-state index contributed by atoms with van der Waals surface area (Å²) in [5.41, 5.74) is 1.24. The molecular weight excluding hydrogens is 276 g/mol. The van der Waals surface area contributed by atoms with Crippen molar-refractivity contribution in [1.82, 2.24) is 10.2 Å². The third kappa shape index (κ3) is 3.99. The van der Waals surface area contributed by atoms with E-state index in [1.165, 1.54) is 12.8 Å². The van der Waals surface area contributed by atoms with Crippen molar-refractivity contribution in [1.29, 1.82) is 5.26 Å². The number of urea groups is 1. The Labute approximate surface area is 131 Å². The minimum atomic E-state index is -0.0734. The average molecular weight is 298 g/mol.